The molecule has 0 radical (unpaired) electrons. The lowest BCUT2D eigenvalue weighted by atomic mass is 9.88. The Bertz CT molecular complexity index is 727. The molecule has 0 saturated carbocycles. The summed E-state index contributed by atoms with van der Waals surface area (Å²) in [6.07, 6.45) is 0. The fourth-order valence-electron chi connectivity index (χ4n) is 2.95. The van der Waals surface area contributed by atoms with Crippen LogP contribution in [0.15, 0.2) is 54.6 Å². The van der Waals surface area contributed by atoms with Crippen LogP contribution in [-0.4, -0.2) is 7.85 Å². The van der Waals surface area contributed by atoms with E-state index >= 15 is 0 Å². The van der Waals surface area contributed by atoms with Crippen molar-refractivity contribution in [2.75, 3.05) is 0 Å². The molecular formula is C16H11B. The minimum Gasteiger partial charge on any atom is -0.0812 e. The third-order valence-electron chi connectivity index (χ3n) is 3.77. The Morgan fingerprint density at radius 1 is 0.588 bits per heavy atom. The van der Waals surface area contributed by atoms with Gasteiger partial charge in [0.25, 0.3) is 0 Å². The zero-order valence-corrected chi connectivity index (χ0v) is 9.70. The molecule has 0 N–H and O–H groups in total. The van der Waals surface area contributed by atoms with Gasteiger partial charge in [0.1, 0.15) is 7.85 Å². The smallest absolute Gasteiger partial charge is 0.0812 e. The van der Waals surface area contributed by atoms with Crippen molar-refractivity contribution in [1.29, 1.82) is 0 Å². The van der Waals surface area contributed by atoms with Gasteiger partial charge in [-0.05, 0) is 33.0 Å². The summed E-state index contributed by atoms with van der Waals surface area (Å²) >= 11 is 0. The molecule has 0 saturated heterocycles. The van der Waals surface area contributed by atoms with Gasteiger partial charge in [-0.2, -0.15) is 0 Å². The average molecular weight is 214 g/mol. The van der Waals surface area contributed by atoms with E-state index in [1.54, 1.807) is 0 Å². The summed E-state index contributed by atoms with van der Waals surface area (Å²) < 4.78 is 0. The first kappa shape index (κ1) is 9.06. The molecule has 0 nitrogen and oxygen atoms in total. The number of hydrogen-bond donors (Lipinski definition) is 0. The molecule has 1 heteroatoms. The maximum atomic E-state index is 2.26. The summed E-state index contributed by atoms with van der Waals surface area (Å²) in [6, 6.07) is 19.8. The summed E-state index contributed by atoms with van der Waals surface area (Å²) in [6.45, 7) is 0. The Labute approximate surface area is 101 Å². The highest BCUT2D eigenvalue weighted by atomic mass is 14.2. The van der Waals surface area contributed by atoms with Crippen LogP contribution in [-0.2, 0) is 0 Å². The van der Waals surface area contributed by atoms with Crippen LogP contribution >= 0.6 is 0 Å². The molecule has 0 bridgehead atoms. The summed E-state index contributed by atoms with van der Waals surface area (Å²) in [5.74, 6) is 0. The first-order valence-corrected chi connectivity index (χ1v) is 5.98. The van der Waals surface area contributed by atoms with E-state index < -0.39 is 0 Å². The van der Waals surface area contributed by atoms with Gasteiger partial charge in [0.2, 0.25) is 0 Å². The van der Waals surface area contributed by atoms with Crippen molar-refractivity contribution < 1.29 is 0 Å². The highest BCUT2D eigenvalue weighted by molar-refractivity contribution is 6.40. The SMILES string of the molecule is Bc1ccc2c3c(cccc13)-c1ccccc1-2. The van der Waals surface area contributed by atoms with Crippen LogP contribution in [0.3, 0.4) is 0 Å². The van der Waals surface area contributed by atoms with E-state index in [0.29, 0.717) is 0 Å². The maximum absolute atomic E-state index is 2.26. The molecule has 1 aliphatic carbocycles. The average Bonchev–Trinajstić information content (AvgIpc) is 2.70. The number of hydrogen-bond acceptors (Lipinski definition) is 0. The van der Waals surface area contributed by atoms with E-state index in [-0.39, 0.29) is 0 Å². The van der Waals surface area contributed by atoms with Crippen LogP contribution in [0.25, 0.3) is 33.0 Å². The highest BCUT2D eigenvalue weighted by Gasteiger charge is 2.20. The molecular weight excluding hydrogens is 203 g/mol. The highest BCUT2D eigenvalue weighted by Crippen LogP contribution is 2.46. The van der Waals surface area contributed by atoms with Crippen LogP contribution in [0.1, 0.15) is 0 Å². The molecule has 0 aliphatic heterocycles. The van der Waals surface area contributed by atoms with Crippen molar-refractivity contribution in [3.05, 3.63) is 54.6 Å². The van der Waals surface area contributed by atoms with E-state index in [1.165, 1.54) is 38.5 Å². The third kappa shape index (κ3) is 1.04. The lowest BCUT2D eigenvalue weighted by Crippen LogP contribution is -2.02. The zero-order valence-electron chi connectivity index (χ0n) is 9.70. The van der Waals surface area contributed by atoms with Gasteiger partial charge in [0.15, 0.2) is 0 Å². The Kier molecular flexibility index (Phi) is 1.60. The third-order valence-corrected chi connectivity index (χ3v) is 3.77. The van der Waals surface area contributed by atoms with Crippen molar-refractivity contribution in [3.63, 3.8) is 0 Å². The van der Waals surface area contributed by atoms with Crippen molar-refractivity contribution in [3.8, 4) is 22.3 Å². The normalized spacial score (nSPS) is 11.8. The second-order valence-corrected chi connectivity index (χ2v) is 4.70. The molecule has 0 fully saturated rings. The van der Waals surface area contributed by atoms with E-state index in [2.05, 4.69) is 62.4 Å². The molecule has 4 rings (SSSR count). The number of rotatable bonds is 0. The van der Waals surface area contributed by atoms with E-state index in [1.807, 2.05) is 0 Å². The molecule has 0 aromatic heterocycles. The fraction of sp³-hybridized carbons (Fsp3) is 0. The van der Waals surface area contributed by atoms with Gasteiger partial charge in [-0.25, -0.2) is 0 Å². The van der Waals surface area contributed by atoms with Gasteiger partial charge in [-0.15, -0.1) is 0 Å². The summed E-state index contributed by atoms with van der Waals surface area (Å²) in [5.41, 5.74) is 6.88. The van der Waals surface area contributed by atoms with Gasteiger partial charge in [-0.1, -0.05) is 60.1 Å². The van der Waals surface area contributed by atoms with Crippen LogP contribution in [0.5, 0.6) is 0 Å². The molecule has 17 heavy (non-hydrogen) atoms. The lowest BCUT2D eigenvalue weighted by Gasteiger charge is -2.04. The molecule has 0 unspecified atom stereocenters. The van der Waals surface area contributed by atoms with Crippen LogP contribution in [0.2, 0.25) is 0 Å². The van der Waals surface area contributed by atoms with Crippen molar-refractivity contribution in [2.24, 2.45) is 0 Å². The van der Waals surface area contributed by atoms with Crippen LogP contribution in [0, 0.1) is 0 Å². The molecule has 0 heterocycles. The summed E-state index contributed by atoms with van der Waals surface area (Å²) in [7, 11) is 2.19. The minimum absolute atomic E-state index is 1.36. The molecule has 3 aromatic carbocycles. The topological polar surface area (TPSA) is 0 Å². The summed E-state index contributed by atoms with van der Waals surface area (Å²) in [4.78, 5) is 0. The zero-order chi connectivity index (χ0) is 11.4. The maximum Gasteiger partial charge on any atom is 0.140 e. The number of fused-ring (bicyclic) bond motifs is 3. The molecule has 0 atom stereocenters. The first-order valence-electron chi connectivity index (χ1n) is 5.98. The number of benzene rings is 3. The second-order valence-electron chi connectivity index (χ2n) is 4.70. The first-order chi connectivity index (χ1) is 8.36. The molecule has 78 valence electrons. The Morgan fingerprint density at radius 3 is 2.00 bits per heavy atom. The van der Waals surface area contributed by atoms with Gasteiger partial charge < -0.3 is 0 Å². The van der Waals surface area contributed by atoms with Crippen LogP contribution < -0.4 is 5.46 Å². The second kappa shape index (κ2) is 3.01. The largest absolute Gasteiger partial charge is 0.140 e. The minimum atomic E-state index is 1.36. The molecule has 0 spiro atoms. The molecule has 1 aliphatic rings. The quantitative estimate of drug-likeness (QED) is 0.395. The van der Waals surface area contributed by atoms with Crippen LogP contribution in [0.4, 0.5) is 0 Å². The van der Waals surface area contributed by atoms with E-state index in [0.717, 1.165) is 0 Å². The van der Waals surface area contributed by atoms with Gasteiger partial charge in [-0.3, -0.25) is 0 Å². The predicted octanol–water partition coefficient (Wildman–Crippen LogP) is 2.75. The van der Waals surface area contributed by atoms with Gasteiger partial charge in [0.05, 0.1) is 0 Å². The molecule has 0 amide bonds. The van der Waals surface area contributed by atoms with Gasteiger partial charge in [0, 0.05) is 0 Å². The van der Waals surface area contributed by atoms with Gasteiger partial charge >= 0.3 is 0 Å². The van der Waals surface area contributed by atoms with Crippen molar-refractivity contribution >= 4 is 24.1 Å². The molecule has 3 aromatic rings. The standard InChI is InChI=1S/C16H11B/c17-15-9-8-13-11-5-2-1-4-10(11)12-6-3-7-14(15)16(12)13/h1-9H,17H2. The lowest BCUT2D eigenvalue weighted by molar-refractivity contribution is 1.70. The van der Waals surface area contributed by atoms with E-state index in [9.17, 15) is 0 Å². The monoisotopic (exact) mass is 214 g/mol. The van der Waals surface area contributed by atoms with E-state index in [4.69, 9.17) is 0 Å². The Morgan fingerprint density at radius 2 is 1.24 bits per heavy atom. The fourth-order valence-corrected chi connectivity index (χ4v) is 2.95. The summed E-state index contributed by atoms with van der Waals surface area (Å²) in [5, 5.41) is 2.81. The Hall–Kier alpha value is -2.02. The van der Waals surface area contributed by atoms with Crippen molar-refractivity contribution in [1.82, 2.24) is 0 Å². The van der Waals surface area contributed by atoms with Crippen molar-refractivity contribution in [2.45, 2.75) is 0 Å². The Balaban J connectivity index is 2.30. The predicted molar refractivity (Wildman–Crippen MR) is 76.6 cm³/mol.